The largest absolute Gasteiger partial charge is 0.338 e. The number of benzene rings is 1. The Hall–Kier alpha value is -2.52. The topological polar surface area (TPSA) is 80.5 Å². The van der Waals surface area contributed by atoms with Gasteiger partial charge in [0.2, 0.25) is 16.9 Å². The van der Waals surface area contributed by atoms with Crippen molar-refractivity contribution in [2.45, 2.75) is 17.3 Å². The van der Waals surface area contributed by atoms with Crippen molar-refractivity contribution in [2.24, 2.45) is 0 Å². The number of thiophene rings is 1. The zero-order valence-electron chi connectivity index (χ0n) is 13.0. The molecule has 1 aromatic carbocycles. The van der Waals surface area contributed by atoms with Gasteiger partial charge >= 0.3 is 0 Å². The highest BCUT2D eigenvalue weighted by molar-refractivity contribution is 7.99. The van der Waals surface area contributed by atoms with Crippen molar-refractivity contribution in [3.63, 3.8) is 0 Å². The van der Waals surface area contributed by atoms with Gasteiger partial charge in [0.15, 0.2) is 5.82 Å². The lowest BCUT2D eigenvalue weighted by Gasteiger charge is -2.01. The molecule has 3 aromatic heterocycles. The summed E-state index contributed by atoms with van der Waals surface area (Å²) in [5.41, 5.74) is 0.382. The summed E-state index contributed by atoms with van der Waals surface area (Å²) >= 11 is 2.91. The fourth-order valence-corrected chi connectivity index (χ4v) is 3.59. The van der Waals surface area contributed by atoms with Crippen LogP contribution in [0.15, 0.2) is 51.5 Å². The van der Waals surface area contributed by atoms with Crippen LogP contribution < -0.4 is 0 Å². The Bertz CT molecular complexity index is 982. The Balaban J connectivity index is 1.50. The molecule has 0 saturated carbocycles. The number of aromatic amines is 1. The van der Waals surface area contributed by atoms with Crippen LogP contribution in [0.3, 0.4) is 0 Å². The highest BCUT2D eigenvalue weighted by Crippen LogP contribution is 2.34. The molecule has 0 aliphatic rings. The number of aromatic nitrogens is 5. The fourth-order valence-electron chi connectivity index (χ4n) is 2.19. The number of rotatable bonds is 5. The first-order valence-corrected chi connectivity index (χ1v) is 9.18. The summed E-state index contributed by atoms with van der Waals surface area (Å²) in [5.74, 6) is 1.10. The van der Waals surface area contributed by atoms with Crippen molar-refractivity contribution in [2.75, 3.05) is 0 Å². The van der Waals surface area contributed by atoms with Crippen LogP contribution in [0.25, 0.3) is 22.1 Å². The molecule has 0 bridgehead atoms. The van der Waals surface area contributed by atoms with E-state index in [1.807, 2.05) is 24.4 Å². The SMILES string of the molecule is C[C@H](Sc1n[nH]c(-c2ccccc2F)n1)c1nc(-c2cccs2)no1. The normalized spacial score (nSPS) is 12.4. The van der Waals surface area contributed by atoms with E-state index >= 15 is 0 Å². The number of hydrogen-bond donors (Lipinski definition) is 1. The third kappa shape index (κ3) is 3.33. The molecule has 126 valence electrons. The van der Waals surface area contributed by atoms with Crippen LogP contribution in [-0.2, 0) is 0 Å². The summed E-state index contributed by atoms with van der Waals surface area (Å²) in [6, 6.07) is 10.3. The highest BCUT2D eigenvalue weighted by Gasteiger charge is 2.19. The molecule has 25 heavy (non-hydrogen) atoms. The molecule has 4 rings (SSSR count). The van der Waals surface area contributed by atoms with Gasteiger partial charge in [-0.2, -0.15) is 4.98 Å². The third-order valence-corrected chi connectivity index (χ3v) is 5.22. The van der Waals surface area contributed by atoms with Crippen molar-refractivity contribution < 1.29 is 8.91 Å². The molecule has 1 atom stereocenters. The molecular weight excluding hydrogens is 361 g/mol. The van der Waals surface area contributed by atoms with Crippen molar-refractivity contribution in [3.05, 3.63) is 53.5 Å². The minimum absolute atomic E-state index is 0.134. The molecule has 4 aromatic rings. The Morgan fingerprint density at radius 1 is 1.20 bits per heavy atom. The van der Waals surface area contributed by atoms with Gasteiger partial charge in [0.05, 0.1) is 15.7 Å². The molecule has 3 heterocycles. The third-order valence-electron chi connectivity index (χ3n) is 3.41. The average Bonchev–Trinajstić information content (AvgIpc) is 3.36. The molecule has 0 aliphatic heterocycles. The predicted octanol–water partition coefficient (Wildman–Crippen LogP) is 4.58. The standard InChI is InChI=1S/C16H12FN5OS2/c1-9(15-18-14(22-23-15)12-7-4-8-24-12)25-16-19-13(20-21-16)10-5-2-3-6-11(10)17/h2-9H,1H3,(H,19,20,21)/t9-/m0/s1. The van der Waals surface area contributed by atoms with Gasteiger partial charge < -0.3 is 4.52 Å². The minimum Gasteiger partial charge on any atom is -0.338 e. The minimum atomic E-state index is -0.347. The Morgan fingerprint density at radius 2 is 2.08 bits per heavy atom. The maximum atomic E-state index is 13.8. The van der Waals surface area contributed by atoms with E-state index in [4.69, 9.17) is 4.52 Å². The summed E-state index contributed by atoms with van der Waals surface area (Å²) in [6.45, 7) is 1.93. The first-order chi connectivity index (χ1) is 12.2. The Labute approximate surface area is 150 Å². The summed E-state index contributed by atoms with van der Waals surface area (Å²) in [7, 11) is 0. The second-order valence-electron chi connectivity index (χ2n) is 5.14. The average molecular weight is 373 g/mol. The van der Waals surface area contributed by atoms with E-state index in [2.05, 4.69) is 25.3 Å². The van der Waals surface area contributed by atoms with Crippen LogP contribution in [0.5, 0.6) is 0 Å². The van der Waals surface area contributed by atoms with E-state index in [-0.39, 0.29) is 11.1 Å². The molecule has 1 N–H and O–H groups in total. The number of nitrogens with one attached hydrogen (secondary N) is 1. The molecule has 0 radical (unpaired) electrons. The van der Waals surface area contributed by atoms with E-state index in [0.717, 1.165) is 4.88 Å². The smallest absolute Gasteiger partial charge is 0.240 e. The van der Waals surface area contributed by atoms with Gasteiger partial charge in [-0.3, -0.25) is 5.10 Å². The van der Waals surface area contributed by atoms with Crippen LogP contribution >= 0.6 is 23.1 Å². The molecule has 0 saturated heterocycles. The van der Waals surface area contributed by atoms with Crippen LogP contribution in [0.2, 0.25) is 0 Å². The van der Waals surface area contributed by atoms with Crippen molar-refractivity contribution in [3.8, 4) is 22.1 Å². The van der Waals surface area contributed by atoms with E-state index < -0.39 is 0 Å². The van der Waals surface area contributed by atoms with Gasteiger partial charge in [-0.05, 0) is 30.5 Å². The Morgan fingerprint density at radius 3 is 2.88 bits per heavy atom. The number of thioether (sulfide) groups is 1. The molecule has 0 unspecified atom stereocenters. The van der Waals surface area contributed by atoms with Gasteiger partial charge in [-0.15, -0.1) is 16.4 Å². The maximum absolute atomic E-state index is 13.8. The van der Waals surface area contributed by atoms with Crippen LogP contribution in [-0.4, -0.2) is 25.3 Å². The lowest BCUT2D eigenvalue weighted by atomic mass is 10.2. The number of nitrogens with zero attached hydrogens (tertiary/aromatic N) is 4. The lowest BCUT2D eigenvalue weighted by Crippen LogP contribution is -1.90. The quantitative estimate of drug-likeness (QED) is 0.516. The zero-order chi connectivity index (χ0) is 17.2. The van der Waals surface area contributed by atoms with Gasteiger partial charge in [-0.1, -0.05) is 35.1 Å². The second kappa shape index (κ2) is 6.77. The number of halogens is 1. The van der Waals surface area contributed by atoms with Crippen LogP contribution in [0.1, 0.15) is 18.1 Å². The summed E-state index contributed by atoms with van der Waals surface area (Å²) in [5, 5.41) is 13.2. The van der Waals surface area contributed by atoms with E-state index in [0.29, 0.717) is 28.3 Å². The highest BCUT2D eigenvalue weighted by atomic mass is 32.2. The van der Waals surface area contributed by atoms with Crippen LogP contribution in [0, 0.1) is 5.82 Å². The van der Waals surface area contributed by atoms with Crippen molar-refractivity contribution in [1.29, 1.82) is 0 Å². The zero-order valence-corrected chi connectivity index (χ0v) is 14.6. The molecular formula is C16H12FN5OS2. The lowest BCUT2D eigenvalue weighted by molar-refractivity contribution is 0.381. The predicted molar refractivity (Wildman–Crippen MR) is 93.7 cm³/mol. The fraction of sp³-hybridized carbons (Fsp3) is 0.125. The molecule has 0 spiro atoms. The molecule has 6 nitrogen and oxygen atoms in total. The first-order valence-electron chi connectivity index (χ1n) is 7.42. The maximum Gasteiger partial charge on any atom is 0.240 e. The van der Waals surface area contributed by atoms with E-state index in [9.17, 15) is 4.39 Å². The van der Waals surface area contributed by atoms with Crippen molar-refractivity contribution >= 4 is 23.1 Å². The molecule has 0 fully saturated rings. The van der Waals surface area contributed by atoms with Gasteiger partial charge in [0.1, 0.15) is 5.82 Å². The van der Waals surface area contributed by atoms with Gasteiger partial charge in [0, 0.05) is 0 Å². The molecule has 0 aliphatic carbocycles. The summed E-state index contributed by atoms with van der Waals surface area (Å²) in [4.78, 5) is 9.70. The van der Waals surface area contributed by atoms with E-state index in [1.165, 1.54) is 17.8 Å². The van der Waals surface area contributed by atoms with Gasteiger partial charge in [-0.25, -0.2) is 9.37 Å². The molecule has 0 amide bonds. The number of hydrogen-bond acceptors (Lipinski definition) is 7. The summed E-state index contributed by atoms with van der Waals surface area (Å²) < 4.78 is 19.2. The van der Waals surface area contributed by atoms with Crippen molar-refractivity contribution in [1.82, 2.24) is 25.3 Å². The first kappa shape index (κ1) is 16.0. The van der Waals surface area contributed by atoms with Gasteiger partial charge in [0.25, 0.3) is 0 Å². The summed E-state index contributed by atoms with van der Waals surface area (Å²) in [6.07, 6.45) is 0. The Kier molecular flexibility index (Phi) is 4.33. The second-order valence-corrected chi connectivity index (χ2v) is 7.40. The monoisotopic (exact) mass is 373 g/mol. The molecule has 9 heteroatoms. The van der Waals surface area contributed by atoms with E-state index in [1.54, 1.807) is 29.5 Å². The van der Waals surface area contributed by atoms with Crippen LogP contribution in [0.4, 0.5) is 4.39 Å². The number of H-pyrrole nitrogens is 1.